The first-order chi connectivity index (χ1) is 10.9. The Bertz CT molecular complexity index is 800. The molecule has 0 aliphatic carbocycles. The summed E-state index contributed by atoms with van der Waals surface area (Å²) in [7, 11) is 1.72. The zero-order valence-electron chi connectivity index (χ0n) is 12.4. The van der Waals surface area contributed by atoms with Crippen LogP contribution >= 0.6 is 0 Å². The number of para-hydroxylation sites is 1. The van der Waals surface area contributed by atoms with E-state index in [-0.39, 0.29) is 6.04 Å². The standard InChI is InChI=1S/C16H17N5O/c1-22-14-7-3-2-5-12(14)13-6-4-9-21(13)15-16-19-18-11-20(16)10-8-17-15/h2-3,5,7-8,10-11,13H,4,6,9H2,1H3. The first-order valence-electron chi connectivity index (χ1n) is 7.42. The molecule has 6 nitrogen and oxygen atoms in total. The monoisotopic (exact) mass is 295 g/mol. The predicted molar refractivity (Wildman–Crippen MR) is 83.1 cm³/mol. The highest BCUT2D eigenvalue weighted by molar-refractivity contribution is 5.65. The molecule has 0 N–H and O–H groups in total. The Morgan fingerprint density at radius 1 is 1.27 bits per heavy atom. The fourth-order valence-electron chi connectivity index (χ4n) is 3.23. The van der Waals surface area contributed by atoms with E-state index >= 15 is 0 Å². The van der Waals surface area contributed by atoms with Crippen molar-refractivity contribution in [3.8, 4) is 5.75 Å². The molecule has 0 radical (unpaired) electrons. The number of benzene rings is 1. The average molecular weight is 295 g/mol. The maximum atomic E-state index is 5.53. The molecule has 1 aliphatic rings. The van der Waals surface area contributed by atoms with Gasteiger partial charge in [0.1, 0.15) is 12.1 Å². The van der Waals surface area contributed by atoms with Gasteiger partial charge in [-0.25, -0.2) is 4.98 Å². The van der Waals surface area contributed by atoms with Crippen molar-refractivity contribution in [2.75, 3.05) is 18.6 Å². The third-order valence-corrected chi connectivity index (χ3v) is 4.22. The molecule has 0 amide bonds. The van der Waals surface area contributed by atoms with Crippen LogP contribution in [-0.2, 0) is 0 Å². The summed E-state index contributed by atoms with van der Waals surface area (Å²) in [6.07, 6.45) is 7.57. The van der Waals surface area contributed by atoms with Gasteiger partial charge >= 0.3 is 0 Å². The van der Waals surface area contributed by atoms with Crippen molar-refractivity contribution in [2.24, 2.45) is 0 Å². The van der Waals surface area contributed by atoms with Gasteiger partial charge in [-0.15, -0.1) is 10.2 Å². The molecular weight excluding hydrogens is 278 g/mol. The van der Waals surface area contributed by atoms with Crippen molar-refractivity contribution in [3.05, 3.63) is 48.5 Å². The molecule has 3 aromatic rings. The van der Waals surface area contributed by atoms with Gasteiger partial charge in [-0.2, -0.15) is 0 Å². The number of ether oxygens (including phenoxy) is 1. The van der Waals surface area contributed by atoms with Gasteiger partial charge in [-0.3, -0.25) is 4.40 Å². The first-order valence-corrected chi connectivity index (χ1v) is 7.42. The molecule has 1 saturated heterocycles. The average Bonchev–Trinajstić information content (AvgIpc) is 3.23. The third kappa shape index (κ3) is 1.99. The van der Waals surface area contributed by atoms with Crippen molar-refractivity contribution in [1.29, 1.82) is 0 Å². The second kappa shape index (κ2) is 5.29. The van der Waals surface area contributed by atoms with Crippen molar-refractivity contribution >= 4 is 11.5 Å². The van der Waals surface area contributed by atoms with E-state index < -0.39 is 0 Å². The van der Waals surface area contributed by atoms with Crippen molar-refractivity contribution in [1.82, 2.24) is 19.6 Å². The van der Waals surface area contributed by atoms with Gasteiger partial charge in [-0.05, 0) is 18.9 Å². The maximum Gasteiger partial charge on any atom is 0.203 e. The largest absolute Gasteiger partial charge is 0.496 e. The van der Waals surface area contributed by atoms with E-state index in [1.807, 2.05) is 22.7 Å². The molecule has 1 fully saturated rings. The zero-order chi connectivity index (χ0) is 14.9. The first kappa shape index (κ1) is 13.1. The topological polar surface area (TPSA) is 55.5 Å². The summed E-state index contributed by atoms with van der Waals surface area (Å²) >= 11 is 0. The van der Waals surface area contributed by atoms with Crippen LogP contribution < -0.4 is 9.64 Å². The lowest BCUT2D eigenvalue weighted by Crippen LogP contribution is -2.24. The highest BCUT2D eigenvalue weighted by atomic mass is 16.5. The van der Waals surface area contributed by atoms with Crippen LogP contribution in [0.1, 0.15) is 24.4 Å². The Labute approximate surface area is 128 Å². The summed E-state index contributed by atoms with van der Waals surface area (Å²) in [5.74, 6) is 1.81. The number of fused-ring (bicyclic) bond motifs is 1. The van der Waals surface area contributed by atoms with Gasteiger partial charge in [-0.1, -0.05) is 18.2 Å². The van der Waals surface area contributed by atoms with Crippen molar-refractivity contribution < 1.29 is 4.74 Å². The Balaban J connectivity index is 1.80. The Morgan fingerprint density at radius 2 is 2.18 bits per heavy atom. The molecular formula is C16H17N5O. The van der Waals surface area contributed by atoms with Crippen LogP contribution in [0, 0.1) is 0 Å². The molecule has 1 aliphatic heterocycles. The molecule has 4 rings (SSSR count). The van der Waals surface area contributed by atoms with Crippen LogP contribution in [0.3, 0.4) is 0 Å². The molecule has 6 heteroatoms. The second-order valence-corrected chi connectivity index (χ2v) is 5.41. The van der Waals surface area contributed by atoms with Crippen LogP contribution in [0.25, 0.3) is 5.65 Å². The molecule has 112 valence electrons. The summed E-state index contributed by atoms with van der Waals surface area (Å²) < 4.78 is 7.44. The summed E-state index contributed by atoms with van der Waals surface area (Å²) in [4.78, 5) is 6.86. The van der Waals surface area contributed by atoms with Gasteiger partial charge in [0.2, 0.25) is 5.65 Å². The molecule has 2 aromatic heterocycles. The number of methoxy groups -OCH3 is 1. The fraction of sp³-hybridized carbons (Fsp3) is 0.312. The number of nitrogens with zero attached hydrogens (tertiary/aromatic N) is 5. The van der Waals surface area contributed by atoms with Crippen LogP contribution in [0.4, 0.5) is 5.82 Å². The van der Waals surface area contributed by atoms with E-state index in [1.54, 1.807) is 19.6 Å². The number of rotatable bonds is 3. The molecule has 1 atom stereocenters. The van der Waals surface area contributed by atoms with E-state index in [0.717, 1.165) is 36.6 Å². The lowest BCUT2D eigenvalue weighted by Gasteiger charge is -2.27. The minimum Gasteiger partial charge on any atom is -0.496 e. The lowest BCUT2D eigenvalue weighted by atomic mass is 10.0. The normalized spacial score (nSPS) is 18.0. The quantitative estimate of drug-likeness (QED) is 0.743. The fourth-order valence-corrected chi connectivity index (χ4v) is 3.23. The van der Waals surface area contributed by atoms with Crippen molar-refractivity contribution in [3.63, 3.8) is 0 Å². The molecule has 1 unspecified atom stereocenters. The van der Waals surface area contributed by atoms with Crippen LogP contribution in [0.5, 0.6) is 5.75 Å². The second-order valence-electron chi connectivity index (χ2n) is 5.41. The number of hydrogen-bond acceptors (Lipinski definition) is 5. The van der Waals surface area contributed by atoms with E-state index in [4.69, 9.17) is 4.74 Å². The zero-order valence-corrected chi connectivity index (χ0v) is 12.4. The van der Waals surface area contributed by atoms with Gasteiger partial charge in [0.15, 0.2) is 5.82 Å². The molecule has 0 bridgehead atoms. The minimum absolute atomic E-state index is 0.256. The van der Waals surface area contributed by atoms with E-state index in [9.17, 15) is 0 Å². The van der Waals surface area contributed by atoms with E-state index in [2.05, 4.69) is 32.2 Å². The van der Waals surface area contributed by atoms with Gasteiger partial charge in [0.05, 0.1) is 13.2 Å². The van der Waals surface area contributed by atoms with Crippen LogP contribution in [0.15, 0.2) is 43.0 Å². The molecule has 3 heterocycles. The molecule has 22 heavy (non-hydrogen) atoms. The van der Waals surface area contributed by atoms with Gasteiger partial charge in [0.25, 0.3) is 0 Å². The molecule has 1 aromatic carbocycles. The van der Waals surface area contributed by atoms with Gasteiger partial charge < -0.3 is 9.64 Å². The highest BCUT2D eigenvalue weighted by Gasteiger charge is 2.30. The van der Waals surface area contributed by atoms with Crippen LogP contribution in [0.2, 0.25) is 0 Å². The Hall–Kier alpha value is -2.63. The highest BCUT2D eigenvalue weighted by Crippen LogP contribution is 2.39. The summed E-state index contributed by atoms with van der Waals surface area (Å²) in [6, 6.07) is 8.45. The van der Waals surface area contributed by atoms with Gasteiger partial charge in [0, 0.05) is 24.5 Å². The summed E-state index contributed by atoms with van der Waals surface area (Å²) in [6.45, 7) is 0.961. The smallest absolute Gasteiger partial charge is 0.203 e. The molecule has 0 saturated carbocycles. The van der Waals surface area contributed by atoms with E-state index in [1.165, 1.54) is 5.56 Å². The molecule has 0 spiro atoms. The van der Waals surface area contributed by atoms with Crippen LogP contribution in [-0.4, -0.2) is 33.2 Å². The summed E-state index contributed by atoms with van der Waals surface area (Å²) in [5, 5.41) is 8.20. The minimum atomic E-state index is 0.256. The summed E-state index contributed by atoms with van der Waals surface area (Å²) in [5.41, 5.74) is 2.00. The Morgan fingerprint density at radius 3 is 3.09 bits per heavy atom. The third-order valence-electron chi connectivity index (χ3n) is 4.22. The SMILES string of the molecule is COc1ccccc1C1CCCN1c1nccn2cnnc12. The van der Waals surface area contributed by atoms with E-state index in [0.29, 0.717) is 0 Å². The number of anilines is 1. The lowest BCUT2D eigenvalue weighted by molar-refractivity contribution is 0.405. The number of aromatic nitrogens is 4. The Kier molecular flexibility index (Phi) is 3.14. The predicted octanol–water partition coefficient (Wildman–Crippen LogP) is 2.47. The van der Waals surface area contributed by atoms with Crippen molar-refractivity contribution in [2.45, 2.75) is 18.9 Å². The maximum absolute atomic E-state index is 5.53. The number of hydrogen-bond donors (Lipinski definition) is 0.